The number of carbonyl (C=O) groups is 2. The Morgan fingerprint density at radius 2 is 1.93 bits per heavy atom. The summed E-state index contributed by atoms with van der Waals surface area (Å²) in [5.74, 6) is -1.33. The fraction of sp³-hybridized carbons (Fsp3) is 0.667. The van der Waals surface area contributed by atoms with E-state index in [1.807, 2.05) is 0 Å². The van der Waals surface area contributed by atoms with Crippen LogP contribution in [0.1, 0.15) is 6.92 Å². The third-order valence-electron chi connectivity index (χ3n) is 1.68. The number of carboxylic acids is 1. The van der Waals surface area contributed by atoms with Gasteiger partial charge >= 0.3 is 22.3 Å². The number of ether oxygens (including phenoxy) is 1. The molecule has 88 valence electrons. The number of hydrogen-bond donors (Lipinski definition) is 2. The highest BCUT2D eigenvalue weighted by atomic mass is 32.2. The van der Waals surface area contributed by atoms with Gasteiger partial charge in [0.1, 0.15) is 6.04 Å². The molecular formula is C6H12N2O6S. The summed E-state index contributed by atoms with van der Waals surface area (Å²) in [6.07, 6.45) is -1.18. The van der Waals surface area contributed by atoms with Crippen molar-refractivity contribution in [3.8, 4) is 0 Å². The van der Waals surface area contributed by atoms with Gasteiger partial charge in [-0.15, -0.1) is 0 Å². The molecular weight excluding hydrogens is 228 g/mol. The fourth-order valence-electron chi connectivity index (χ4n) is 0.583. The second-order valence-electron chi connectivity index (χ2n) is 2.63. The minimum Gasteiger partial charge on any atom is -0.480 e. The second kappa shape index (κ2) is 4.94. The number of likely N-dealkylation sites (N-methyl/N-ethyl adjacent to an activating group) is 1. The number of aliphatic carboxylic acids is 1. The van der Waals surface area contributed by atoms with Crippen LogP contribution < -0.4 is 4.72 Å². The van der Waals surface area contributed by atoms with E-state index >= 15 is 0 Å². The number of hydrogen-bond acceptors (Lipinski definition) is 5. The average Bonchev–Trinajstić information content (AvgIpc) is 2.14. The SMILES string of the molecule is COC(=O)NS(=O)(=O)N(C)C(C)C(=O)O. The molecule has 0 aromatic heterocycles. The van der Waals surface area contributed by atoms with Gasteiger partial charge in [-0.05, 0) is 6.92 Å². The first kappa shape index (κ1) is 13.7. The van der Waals surface area contributed by atoms with Crippen LogP contribution in [0, 0.1) is 0 Å². The monoisotopic (exact) mass is 240 g/mol. The van der Waals surface area contributed by atoms with Crippen molar-refractivity contribution in [2.24, 2.45) is 0 Å². The van der Waals surface area contributed by atoms with Crippen LogP contribution in [0.5, 0.6) is 0 Å². The smallest absolute Gasteiger partial charge is 0.421 e. The maximum absolute atomic E-state index is 11.3. The predicted octanol–water partition coefficient (Wildman–Crippen LogP) is -1.01. The number of carbonyl (C=O) groups excluding carboxylic acids is 1. The van der Waals surface area contributed by atoms with Crippen LogP contribution in [0.2, 0.25) is 0 Å². The Kier molecular flexibility index (Phi) is 4.49. The van der Waals surface area contributed by atoms with Crippen molar-refractivity contribution >= 4 is 22.3 Å². The van der Waals surface area contributed by atoms with Gasteiger partial charge in [0.05, 0.1) is 7.11 Å². The zero-order chi connectivity index (χ0) is 12.2. The molecule has 0 aliphatic carbocycles. The molecule has 0 saturated carbocycles. The molecule has 0 aromatic carbocycles. The summed E-state index contributed by atoms with van der Waals surface area (Å²) in [6, 6.07) is -1.29. The first-order valence-corrected chi connectivity index (χ1v) is 5.23. The van der Waals surface area contributed by atoms with Crippen LogP contribution in [0.4, 0.5) is 4.79 Å². The zero-order valence-corrected chi connectivity index (χ0v) is 9.24. The molecule has 1 atom stereocenters. The molecule has 0 heterocycles. The minimum atomic E-state index is -4.19. The van der Waals surface area contributed by atoms with E-state index in [-0.39, 0.29) is 0 Å². The van der Waals surface area contributed by atoms with E-state index in [1.54, 1.807) is 0 Å². The number of nitrogens with one attached hydrogen (secondary N) is 1. The van der Waals surface area contributed by atoms with Crippen LogP contribution in [0.15, 0.2) is 0 Å². The Morgan fingerprint density at radius 1 is 1.47 bits per heavy atom. The molecule has 0 spiro atoms. The average molecular weight is 240 g/mol. The molecule has 0 rings (SSSR count). The lowest BCUT2D eigenvalue weighted by atomic mass is 10.4. The van der Waals surface area contributed by atoms with E-state index < -0.39 is 28.3 Å². The van der Waals surface area contributed by atoms with Gasteiger partial charge < -0.3 is 9.84 Å². The Hall–Kier alpha value is -1.35. The maximum Gasteiger partial charge on any atom is 0.421 e. The molecule has 0 aromatic rings. The van der Waals surface area contributed by atoms with E-state index in [0.29, 0.717) is 4.31 Å². The summed E-state index contributed by atoms with van der Waals surface area (Å²) in [4.78, 5) is 21.1. The summed E-state index contributed by atoms with van der Waals surface area (Å²) in [7, 11) is -2.16. The van der Waals surface area contributed by atoms with E-state index in [9.17, 15) is 18.0 Å². The van der Waals surface area contributed by atoms with Crippen molar-refractivity contribution in [1.82, 2.24) is 9.03 Å². The van der Waals surface area contributed by atoms with Gasteiger partial charge in [0.25, 0.3) is 0 Å². The Balaban J connectivity index is 4.74. The van der Waals surface area contributed by atoms with Gasteiger partial charge in [-0.3, -0.25) is 4.79 Å². The lowest BCUT2D eigenvalue weighted by molar-refractivity contribution is -0.140. The molecule has 2 N–H and O–H groups in total. The van der Waals surface area contributed by atoms with Crippen molar-refractivity contribution in [2.75, 3.05) is 14.2 Å². The molecule has 0 bridgehead atoms. The third kappa shape index (κ3) is 3.72. The molecule has 1 amide bonds. The molecule has 1 unspecified atom stereocenters. The van der Waals surface area contributed by atoms with Crippen LogP contribution in [-0.4, -0.2) is 50.1 Å². The van der Waals surface area contributed by atoms with E-state index in [1.165, 1.54) is 11.6 Å². The van der Waals surface area contributed by atoms with Crippen molar-refractivity contribution in [3.05, 3.63) is 0 Å². The minimum absolute atomic E-state index is 0.506. The van der Waals surface area contributed by atoms with E-state index in [4.69, 9.17) is 5.11 Å². The number of rotatable bonds is 4. The van der Waals surface area contributed by atoms with Gasteiger partial charge in [-0.25, -0.2) is 9.52 Å². The molecule has 0 aliphatic rings. The predicted molar refractivity (Wildman–Crippen MR) is 49.3 cm³/mol. The fourth-order valence-corrected chi connectivity index (χ4v) is 1.53. The molecule has 0 fully saturated rings. The zero-order valence-electron chi connectivity index (χ0n) is 8.42. The molecule has 0 aliphatic heterocycles. The second-order valence-corrected chi connectivity index (χ2v) is 4.36. The van der Waals surface area contributed by atoms with Gasteiger partial charge in [-0.1, -0.05) is 0 Å². The maximum atomic E-state index is 11.3. The van der Waals surface area contributed by atoms with E-state index in [0.717, 1.165) is 14.2 Å². The van der Waals surface area contributed by atoms with Crippen molar-refractivity contribution < 1.29 is 27.9 Å². The third-order valence-corrected chi connectivity index (χ3v) is 3.18. The number of methoxy groups -OCH3 is 1. The van der Waals surface area contributed by atoms with Gasteiger partial charge in [0.2, 0.25) is 0 Å². The molecule has 9 heteroatoms. The van der Waals surface area contributed by atoms with Crippen LogP contribution in [0.25, 0.3) is 0 Å². The van der Waals surface area contributed by atoms with Crippen molar-refractivity contribution in [3.63, 3.8) is 0 Å². The van der Waals surface area contributed by atoms with Crippen LogP contribution in [0.3, 0.4) is 0 Å². The highest BCUT2D eigenvalue weighted by Crippen LogP contribution is 2.02. The quantitative estimate of drug-likeness (QED) is 0.651. The first-order valence-electron chi connectivity index (χ1n) is 3.79. The molecule has 0 saturated heterocycles. The van der Waals surface area contributed by atoms with Gasteiger partial charge in [-0.2, -0.15) is 12.7 Å². The molecule has 8 nitrogen and oxygen atoms in total. The summed E-state index contributed by atoms with van der Waals surface area (Å²) in [5, 5.41) is 8.56. The standard InChI is InChI=1S/C6H12N2O6S/c1-4(5(9)10)8(2)15(12,13)7-6(11)14-3/h4H,1-3H3,(H,7,11)(H,9,10). The van der Waals surface area contributed by atoms with Crippen LogP contribution in [-0.2, 0) is 19.7 Å². The summed E-state index contributed by atoms with van der Waals surface area (Å²) in [6.45, 7) is 1.17. The van der Waals surface area contributed by atoms with Crippen molar-refractivity contribution in [2.45, 2.75) is 13.0 Å². The lowest BCUT2D eigenvalue weighted by Gasteiger charge is -2.20. The number of nitrogens with zero attached hydrogens (tertiary/aromatic N) is 1. The molecule has 15 heavy (non-hydrogen) atoms. The highest BCUT2D eigenvalue weighted by molar-refractivity contribution is 7.87. The Morgan fingerprint density at radius 3 is 2.27 bits per heavy atom. The first-order chi connectivity index (χ1) is 6.72. The summed E-state index contributed by atoms with van der Waals surface area (Å²) >= 11 is 0. The largest absolute Gasteiger partial charge is 0.480 e. The topological polar surface area (TPSA) is 113 Å². The lowest BCUT2D eigenvalue weighted by Crippen LogP contribution is -2.47. The van der Waals surface area contributed by atoms with Crippen molar-refractivity contribution in [1.29, 1.82) is 0 Å². The van der Waals surface area contributed by atoms with Crippen LogP contribution >= 0.6 is 0 Å². The highest BCUT2D eigenvalue weighted by Gasteiger charge is 2.29. The van der Waals surface area contributed by atoms with Gasteiger partial charge in [0.15, 0.2) is 0 Å². The number of amides is 1. The normalized spacial score (nSPS) is 13.3. The van der Waals surface area contributed by atoms with E-state index in [2.05, 4.69) is 4.74 Å². The van der Waals surface area contributed by atoms with Gasteiger partial charge in [0, 0.05) is 7.05 Å². The summed E-state index contributed by atoms with van der Waals surface area (Å²) < 4.78 is 28.7. The summed E-state index contributed by atoms with van der Waals surface area (Å²) in [5.41, 5.74) is 0. The number of carboxylic acid groups (broad SMARTS) is 1. The Bertz CT molecular complexity index is 351. The Labute approximate surface area is 87.0 Å². The molecule has 0 radical (unpaired) electrons.